The van der Waals surface area contributed by atoms with Gasteiger partial charge in [-0.25, -0.2) is 4.68 Å². The lowest BCUT2D eigenvalue weighted by molar-refractivity contribution is 0.0980. The van der Waals surface area contributed by atoms with Crippen molar-refractivity contribution in [2.45, 2.75) is 36.2 Å². The molecular formula is C20H20N4OS. The van der Waals surface area contributed by atoms with E-state index in [1.165, 1.54) is 11.8 Å². The van der Waals surface area contributed by atoms with Crippen molar-refractivity contribution in [2.75, 3.05) is 5.43 Å². The summed E-state index contributed by atoms with van der Waals surface area (Å²) in [6.07, 6.45) is 0. The van der Waals surface area contributed by atoms with Gasteiger partial charge in [0, 0.05) is 11.5 Å². The Hall–Kier alpha value is -2.60. The minimum atomic E-state index is -0.309. The van der Waals surface area contributed by atoms with Crippen LogP contribution in [0.15, 0.2) is 65.8 Å². The van der Waals surface area contributed by atoms with Crippen molar-refractivity contribution < 1.29 is 4.79 Å². The van der Waals surface area contributed by atoms with Crippen LogP contribution in [-0.2, 0) is 0 Å². The van der Waals surface area contributed by atoms with Crippen LogP contribution in [0.1, 0.15) is 47.6 Å². The van der Waals surface area contributed by atoms with E-state index < -0.39 is 0 Å². The molecular weight excluding hydrogens is 344 g/mol. The zero-order chi connectivity index (χ0) is 18.1. The van der Waals surface area contributed by atoms with Crippen LogP contribution >= 0.6 is 11.8 Å². The molecule has 1 aliphatic heterocycles. The molecule has 0 amide bonds. The highest BCUT2D eigenvalue weighted by Crippen LogP contribution is 2.39. The van der Waals surface area contributed by atoms with Gasteiger partial charge in [-0.1, -0.05) is 86.3 Å². The highest BCUT2D eigenvalue weighted by Gasteiger charge is 2.38. The van der Waals surface area contributed by atoms with Crippen molar-refractivity contribution in [3.63, 3.8) is 0 Å². The van der Waals surface area contributed by atoms with E-state index in [0.717, 1.165) is 16.5 Å². The van der Waals surface area contributed by atoms with Crippen molar-refractivity contribution in [3.05, 3.63) is 77.6 Å². The lowest BCUT2D eigenvalue weighted by atomic mass is 9.97. The summed E-state index contributed by atoms with van der Waals surface area (Å²) in [7, 11) is 0. The molecule has 0 spiro atoms. The number of nitrogens with zero attached hydrogens (tertiary/aromatic N) is 3. The summed E-state index contributed by atoms with van der Waals surface area (Å²) in [5, 5.41) is 9.03. The topological polar surface area (TPSA) is 59.8 Å². The fourth-order valence-corrected chi connectivity index (χ4v) is 4.29. The Balaban J connectivity index is 1.76. The number of hydrogen-bond donors (Lipinski definition) is 1. The summed E-state index contributed by atoms with van der Waals surface area (Å²) < 4.78 is 1.93. The fourth-order valence-electron chi connectivity index (χ4n) is 3.12. The van der Waals surface area contributed by atoms with E-state index in [9.17, 15) is 4.79 Å². The van der Waals surface area contributed by atoms with Crippen molar-refractivity contribution in [3.8, 4) is 0 Å². The summed E-state index contributed by atoms with van der Waals surface area (Å²) >= 11 is 1.48. The van der Waals surface area contributed by atoms with Gasteiger partial charge in [0.25, 0.3) is 0 Å². The van der Waals surface area contributed by atoms with E-state index in [4.69, 9.17) is 0 Å². The van der Waals surface area contributed by atoms with Crippen molar-refractivity contribution in [1.29, 1.82) is 0 Å². The fraction of sp³-hybridized carbons (Fsp3) is 0.250. The first-order chi connectivity index (χ1) is 12.6. The molecule has 26 heavy (non-hydrogen) atoms. The molecule has 1 aliphatic rings. The third-order valence-electron chi connectivity index (χ3n) is 4.45. The summed E-state index contributed by atoms with van der Waals surface area (Å²) in [5.41, 5.74) is 5.28. The molecule has 6 heteroatoms. The largest absolute Gasteiger partial charge is 0.313 e. The second-order valence-corrected chi connectivity index (χ2v) is 7.73. The first-order valence-electron chi connectivity index (χ1n) is 8.68. The van der Waals surface area contributed by atoms with Crippen LogP contribution in [0.3, 0.4) is 0 Å². The van der Waals surface area contributed by atoms with E-state index in [1.54, 1.807) is 0 Å². The lowest BCUT2D eigenvalue weighted by Crippen LogP contribution is -2.39. The van der Waals surface area contributed by atoms with Gasteiger partial charge in [-0.15, -0.1) is 10.2 Å². The number of rotatable bonds is 4. The SMILES string of the molecule is CC(C)c1nnc2n1N[C@H](c1ccccc1)[C@H](C(=O)c1ccccc1)S2. The van der Waals surface area contributed by atoms with Crippen LogP contribution < -0.4 is 5.43 Å². The Labute approximate surface area is 156 Å². The highest BCUT2D eigenvalue weighted by molar-refractivity contribution is 8.00. The first kappa shape index (κ1) is 16.8. The second kappa shape index (κ2) is 6.96. The summed E-state index contributed by atoms with van der Waals surface area (Å²) in [6.45, 7) is 4.17. The lowest BCUT2D eigenvalue weighted by Gasteiger charge is -2.33. The molecule has 0 radical (unpaired) electrons. The van der Waals surface area contributed by atoms with Gasteiger partial charge in [-0.3, -0.25) is 4.79 Å². The van der Waals surface area contributed by atoms with E-state index in [-0.39, 0.29) is 23.0 Å². The molecule has 2 aromatic carbocycles. The molecule has 0 saturated carbocycles. The Bertz CT molecular complexity index is 908. The highest BCUT2D eigenvalue weighted by atomic mass is 32.2. The molecule has 3 aromatic rings. The standard InChI is InChI=1S/C20H20N4OS/c1-13(2)19-21-22-20-24(19)23-16(14-9-5-3-6-10-14)18(26-20)17(25)15-11-7-4-8-12-15/h3-13,16,18,23H,1-2H3/t16-,18-/m1/s1. The Morgan fingerprint density at radius 2 is 1.69 bits per heavy atom. The van der Waals surface area contributed by atoms with Gasteiger partial charge in [-0.2, -0.15) is 0 Å². The average Bonchev–Trinajstić information content (AvgIpc) is 3.11. The maximum atomic E-state index is 13.2. The van der Waals surface area contributed by atoms with E-state index >= 15 is 0 Å². The Morgan fingerprint density at radius 1 is 1.04 bits per heavy atom. The Morgan fingerprint density at radius 3 is 2.35 bits per heavy atom. The number of aromatic nitrogens is 3. The molecule has 0 aliphatic carbocycles. The van der Waals surface area contributed by atoms with Gasteiger partial charge in [0.2, 0.25) is 5.16 Å². The van der Waals surface area contributed by atoms with E-state index in [1.807, 2.05) is 65.3 Å². The first-order valence-corrected chi connectivity index (χ1v) is 9.56. The van der Waals surface area contributed by atoms with Gasteiger partial charge >= 0.3 is 0 Å². The molecule has 0 fully saturated rings. The maximum absolute atomic E-state index is 13.2. The summed E-state index contributed by atoms with van der Waals surface area (Å²) in [5.74, 6) is 1.21. The van der Waals surface area contributed by atoms with Gasteiger partial charge in [0.1, 0.15) is 5.25 Å². The number of Topliss-reactive ketones (excluding diaryl/α,β-unsaturated/α-hetero) is 1. The summed E-state index contributed by atoms with van der Waals surface area (Å²) in [6, 6.07) is 19.4. The molecule has 0 unspecified atom stereocenters. The van der Waals surface area contributed by atoms with Crippen LogP contribution in [0.2, 0.25) is 0 Å². The number of carbonyl (C=O) groups is 1. The molecule has 1 aromatic heterocycles. The number of hydrogen-bond acceptors (Lipinski definition) is 5. The van der Waals surface area contributed by atoms with E-state index in [2.05, 4.69) is 29.5 Å². The smallest absolute Gasteiger partial charge is 0.210 e. The van der Waals surface area contributed by atoms with Gasteiger partial charge in [0.05, 0.1) is 6.04 Å². The number of ketones is 1. The van der Waals surface area contributed by atoms with E-state index in [0.29, 0.717) is 5.56 Å². The van der Waals surface area contributed by atoms with Crippen LogP contribution in [-0.4, -0.2) is 25.9 Å². The van der Waals surface area contributed by atoms with Crippen LogP contribution in [0.25, 0.3) is 0 Å². The molecule has 0 saturated heterocycles. The Kier molecular flexibility index (Phi) is 4.51. The predicted octanol–water partition coefficient (Wildman–Crippen LogP) is 4.04. The normalized spacial score (nSPS) is 19.0. The molecule has 132 valence electrons. The quantitative estimate of drug-likeness (QED) is 0.708. The van der Waals surface area contributed by atoms with Crippen LogP contribution in [0, 0.1) is 0 Å². The number of thioether (sulfide) groups is 1. The third kappa shape index (κ3) is 3.01. The second-order valence-electron chi connectivity index (χ2n) is 6.62. The zero-order valence-corrected chi connectivity index (χ0v) is 15.5. The molecule has 1 N–H and O–H groups in total. The van der Waals surface area contributed by atoms with Crippen molar-refractivity contribution in [2.24, 2.45) is 0 Å². The molecule has 2 heterocycles. The van der Waals surface area contributed by atoms with Crippen LogP contribution in [0.4, 0.5) is 0 Å². The monoisotopic (exact) mass is 364 g/mol. The molecule has 5 nitrogen and oxygen atoms in total. The minimum Gasteiger partial charge on any atom is -0.313 e. The molecule has 4 rings (SSSR count). The summed E-state index contributed by atoms with van der Waals surface area (Å²) in [4.78, 5) is 13.2. The predicted molar refractivity (Wildman–Crippen MR) is 103 cm³/mol. The number of fused-ring (bicyclic) bond motifs is 1. The molecule has 0 bridgehead atoms. The van der Waals surface area contributed by atoms with Gasteiger partial charge in [-0.05, 0) is 5.56 Å². The average molecular weight is 364 g/mol. The van der Waals surface area contributed by atoms with Gasteiger partial charge in [0.15, 0.2) is 11.6 Å². The third-order valence-corrected chi connectivity index (χ3v) is 5.67. The number of benzene rings is 2. The minimum absolute atomic E-state index is 0.0947. The number of nitrogens with one attached hydrogen (secondary N) is 1. The van der Waals surface area contributed by atoms with Crippen molar-refractivity contribution in [1.82, 2.24) is 14.9 Å². The maximum Gasteiger partial charge on any atom is 0.210 e. The van der Waals surface area contributed by atoms with Crippen LogP contribution in [0.5, 0.6) is 0 Å². The van der Waals surface area contributed by atoms with Crippen molar-refractivity contribution >= 4 is 17.5 Å². The number of carbonyl (C=O) groups excluding carboxylic acids is 1. The zero-order valence-electron chi connectivity index (χ0n) is 14.7. The molecule has 2 atom stereocenters. The van der Waals surface area contributed by atoms with Gasteiger partial charge < -0.3 is 5.43 Å².